The minimum absolute atomic E-state index is 0.0291. The van der Waals surface area contributed by atoms with E-state index in [2.05, 4.69) is 17.6 Å². The van der Waals surface area contributed by atoms with Gasteiger partial charge in [0, 0.05) is 16.1 Å². The smallest absolute Gasteiger partial charge is 0.248 e. The van der Waals surface area contributed by atoms with Crippen molar-refractivity contribution in [3.63, 3.8) is 0 Å². The number of ether oxygens (including phenoxy) is 1. The highest BCUT2D eigenvalue weighted by atomic mass is 32.2. The summed E-state index contributed by atoms with van der Waals surface area (Å²) in [6.45, 7) is 12.2. The lowest BCUT2D eigenvalue weighted by atomic mass is 9.66. The summed E-state index contributed by atoms with van der Waals surface area (Å²) in [5, 5.41) is 16.8. The topological polar surface area (TPSA) is 108 Å². The standard InChI is InChI=1S/C33H43N3O5S/c1-7-19(3)24(18-37)36-28(30(39)35-27-20(4)10-9-11-21(27)5)33-17-16-32(6,42-33)25(26(33)31(36)40)29(38)34-22-12-14-23(15-13-22)41-8-2/h9-15,19,24-26,28,37H,7-8,16-18H2,1-6H3,(H,34,38)(H,35,39)/t19-,24-,25-,26-,28?,32+,33?/m0/s1. The number of thioether (sulfide) groups is 1. The predicted molar refractivity (Wildman–Crippen MR) is 167 cm³/mol. The SMILES string of the molecule is CCOc1ccc(NC(=O)[C@@H]2[C@H]3C(=O)N([C@@H](CO)[C@@H](C)CC)C(C(=O)Nc4c(C)cccc4C)C34CC[C@@]2(C)S4)cc1. The highest BCUT2D eigenvalue weighted by Gasteiger charge is 2.77. The molecule has 2 aromatic carbocycles. The Kier molecular flexibility index (Phi) is 8.38. The normalized spacial score (nSPS) is 29.3. The van der Waals surface area contributed by atoms with Crippen molar-refractivity contribution in [2.45, 2.75) is 82.4 Å². The van der Waals surface area contributed by atoms with Crippen LogP contribution in [0, 0.1) is 31.6 Å². The fraction of sp³-hybridized carbons (Fsp3) is 0.545. The summed E-state index contributed by atoms with van der Waals surface area (Å²) in [5.74, 6) is -1.28. The Morgan fingerprint density at radius 1 is 1.07 bits per heavy atom. The molecule has 7 atom stereocenters. The van der Waals surface area contributed by atoms with Gasteiger partial charge < -0.3 is 25.4 Å². The van der Waals surface area contributed by atoms with Crippen LogP contribution in [0.4, 0.5) is 11.4 Å². The van der Waals surface area contributed by atoms with Crippen molar-refractivity contribution >= 4 is 40.9 Å². The maximum absolute atomic E-state index is 14.5. The van der Waals surface area contributed by atoms with E-state index in [1.165, 1.54) is 0 Å². The maximum atomic E-state index is 14.5. The lowest BCUT2D eigenvalue weighted by Crippen LogP contribution is -2.56. The van der Waals surface area contributed by atoms with Crippen molar-refractivity contribution in [3.8, 4) is 5.75 Å². The van der Waals surface area contributed by atoms with Gasteiger partial charge in [-0.3, -0.25) is 14.4 Å². The van der Waals surface area contributed by atoms with Gasteiger partial charge in [0.2, 0.25) is 17.7 Å². The number of carbonyl (C=O) groups is 3. The first-order chi connectivity index (χ1) is 20.0. The molecule has 0 aromatic heterocycles. The number of anilines is 2. The van der Waals surface area contributed by atoms with Crippen LogP contribution in [0.1, 0.15) is 58.1 Å². The van der Waals surface area contributed by atoms with Gasteiger partial charge in [0.1, 0.15) is 11.8 Å². The quantitative estimate of drug-likeness (QED) is 0.351. The van der Waals surface area contributed by atoms with Gasteiger partial charge in [0.25, 0.3) is 0 Å². The zero-order valence-electron chi connectivity index (χ0n) is 25.4. The predicted octanol–water partition coefficient (Wildman–Crippen LogP) is 5.17. The summed E-state index contributed by atoms with van der Waals surface area (Å²) < 4.78 is 4.27. The Bertz CT molecular complexity index is 1350. The summed E-state index contributed by atoms with van der Waals surface area (Å²) in [6, 6.07) is 11.7. The van der Waals surface area contributed by atoms with Gasteiger partial charge in [0.15, 0.2) is 0 Å². The zero-order chi connectivity index (χ0) is 30.4. The van der Waals surface area contributed by atoms with E-state index in [1.54, 1.807) is 28.8 Å². The molecule has 2 unspecified atom stereocenters. The second kappa shape index (κ2) is 11.6. The third kappa shape index (κ3) is 4.88. The number of para-hydroxylation sites is 1. The monoisotopic (exact) mass is 593 g/mol. The Balaban J connectivity index is 1.53. The first kappa shape index (κ1) is 30.4. The van der Waals surface area contributed by atoms with E-state index in [1.807, 2.05) is 65.0 Å². The highest BCUT2D eigenvalue weighted by molar-refractivity contribution is 8.02. The highest BCUT2D eigenvalue weighted by Crippen LogP contribution is 2.71. The molecule has 3 saturated heterocycles. The molecule has 3 amide bonds. The summed E-state index contributed by atoms with van der Waals surface area (Å²) in [6.07, 6.45) is 2.11. The first-order valence-corrected chi connectivity index (χ1v) is 15.9. The number of aryl methyl sites for hydroxylation is 2. The number of aliphatic hydroxyl groups excluding tert-OH is 1. The maximum Gasteiger partial charge on any atom is 0.248 e. The molecule has 2 bridgehead atoms. The lowest BCUT2D eigenvalue weighted by Gasteiger charge is -2.39. The zero-order valence-corrected chi connectivity index (χ0v) is 26.2. The molecule has 3 N–H and O–H groups in total. The average molecular weight is 594 g/mol. The molecule has 9 heteroatoms. The van der Waals surface area contributed by atoms with E-state index >= 15 is 0 Å². The van der Waals surface area contributed by atoms with E-state index in [4.69, 9.17) is 4.74 Å². The van der Waals surface area contributed by atoms with E-state index in [0.717, 1.165) is 35.4 Å². The molecule has 2 aromatic rings. The number of amides is 3. The van der Waals surface area contributed by atoms with Gasteiger partial charge in [0.05, 0.1) is 35.8 Å². The number of likely N-dealkylation sites (tertiary alicyclic amines) is 1. The van der Waals surface area contributed by atoms with E-state index in [0.29, 0.717) is 18.7 Å². The number of rotatable bonds is 10. The number of fused-ring (bicyclic) bond motifs is 1. The number of benzene rings is 2. The van der Waals surface area contributed by atoms with Crippen molar-refractivity contribution < 1.29 is 24.2 Å². The molecule has 8 nitrogen and oxygen atoms in total. The molecule has 1 spiro atoms. The fourth-order valence-corrected chi connectivity index (χ4v) is 9.80. The van der Waals surface area contributed by atoms with Crippen molar-refractivity contribution in [1.29, 1.82) is 0 Å². The van der Waals surface area contributed by atoms with Crippen LogP contribution in [-0.4, -0.2) is 62.5 Å². The van der Waals surface area contributed by atoms with Crippen LogP contribution in [0.2, 0.25) is 0 Å². The minimum Gasteiger partial charge on any atom is -0.494 e. The van der Waals surface area contributed by atoms with E-state index in [9.17, 15) is 19.5 Å². The number of hydrogen-bond donors (Lipinski definition) is 3. The van der Waals surface area contributed by atoms with Gasteiger partial charge in [-0.2, -0.15) is 0 Å². The van der Waals surface area contributed by atoms with Crippen LogP contribution >= 0.6 is 11.8 Å². The van der Waals surface area contributed by atoms with Gasteiger partial charge in [-0.05, 0) is 81.8 Å². The number of nitrogens with one attached hydrogen (secondary N) is 2. The van der Waals surface area contributed by atoms with Gasteiger partial charge >= 0.3 is 0 Å². The van der Waals surface area contributed by atoms with Crippen molar-refractivity contribution in [1.82, 2.24) is 4.90 Å². The molecular formula is C33H43N3O5S. The first-order valence-electron chi connectivity index (χ1n) is 15.0. The molecule has 0 radical (unpaired) electrons. The molecule has 5 rings (SSSR count). The van der Waals surface area contributed by atoms with Crippen LogP contribution in [0.15, 0.2) is 42.5 Å². The van der Waals surface area contributed by atoms with Gasteiger partial charge in [-0.1, -0.05) is 38.5 Å². The molecular weight excluding hydrogens is 550 g/mol. The summed E-state index contributed by atoms with van der Waals surface area (Å²) >= 11 is 1.63. The number of carbonyl (C=O) groups excluding carboxylic acids is 3. The van der Waals surface area contributed by atoms with Crippen LogP contribution in [-0.2, 0) is 14.4 Å². The van der Waals surface area contributed by atoms with Crippen LogP contribution in [0.25, 0.3) is 0 Å². The third-order valence-corrected chi connectivity index (χ3v) is 11.7. The van der Waals surface area contributed by atoms with Gasteiger partial charge in [-0.25, -0.2) is 0 Å². The Labute approximate surface area is 253 Å². The molecule has 3 aliphatic rings. The third-order valence-electron chi connectivity index (χ3n) is 9.75. The summed E-state index contributed by atoms with van der Waals surface area (Å²) in [4.78, 5) is 44.6. The largest absolute Gasteiger partial charge is 0.494 e. The fourth-order valence-electron chi connectivity index (χ4n) is 7.46. The van der Waals surface area contributed by atoms with Crippen LogP contribution in [0.5, 0.6) is 5.75 Å². The molecule has 0 aliphatic carbocycles. The van der Waals surface area contributed by atoms with Crippen molar-refractivity contribution in [2.75, 3.05) is 23.8 Å². The summed E-state index contributed by atoms with van der Waals surface area (Å²) in [7, 11) is 0. The van der Waals surface area contributed by atoms with Gasteiger partial charge in [-0.15, -0.1) is 11.8 Å². The second-order valence-corrected chi connectivity index (χ2v) is 14.2. The Morgan fingerprint density at radius 2 is 1.74 bits per heavy atom. The van der Waals surface area contributed by atoms with Crippen molar-refractivity contribution in [2.24, 2.45) is 17.8 Å². The average Bonchev–Trinajstić information content (AvgIpc) is 3.53. The van der Waals surface area contributed by atoms with E-state index < -0.39 is 33.4 Å². The molecule has 3 heterocycles. The molecule has 42 heavy (non-hydrogen) atoms. The molecule has 226 valence electrons. The lowest BCUT2D eigenvalue weighted by molar-refractivity contribution is -0.142. The summed E-state index contributed by atoms with van der Waals surface area (Å²) in [5.41, 5.74) is 3.26. The van der Waals surface area contributed by atoms with Crippen LogP contribution < -0.4 is 15.4 Å². The number of hydrogen-bond acceptors (Lipinski definition) is 6. The second-order valence-electron chi connectivity index (χ2n) is 12.3. The Hall–Kier alpha value is -3.04. The van der Waals surface area contributed by atoms with E-state index in [-0.39, 0.29) is 30.2 Å². The number of aliphatic hydroxyl groups is 1. The molecule has 3 aliphatic heterocycles. The minimum atomic E-state index is -0.810. The Morgan fingerprint density at radius 3 is 2.33 bits per heavy atom. The van der Waals surface area contributed by atoms with Crippen LogP contribution in [0.3, 0.4) is 0 Å². The number of nitrogens with zero attached hydrogens (tertiary/aromatic N) is 1. The van der Waals surface area contributed by atoms with Crippen molar-refractivity contribution in [3.05, 3.63) is 53.6 Å². The molecule has 0 saturated carbocycles. The molecule has 3 fully saturated rings.